The van der Waals surface area contributed by atoms with Crippen LogP contribution in [0.1, 0.15) is 18.1 Å². The Morgan fingerprint density at radius 1 is 1.05 bits per heavy atom. The van der Waals surface area contributed by atoms with Crippen LogP contribution in [0.3, 0.4) is 0 Å². The number of rotatable bonds is 5. The molecule has 0 amide bonds. The molecule has 2 aromatic carbocycles. The number of ether oxygens (including phenoxy) is 1. The first kappa shape index (κ1) is 18.2. The molecule has 0 saturated heterocycles. The van der Waals surface area contributed by atoms with Crippen LogP contribution in [0.15, 0.2) is 48.5 Å². The molecule has 0 bridgehead atoms. The Balaban J connectivity index is 0.00000242. The third kappa shape index (κ3) is 4.86. The number of benzene rings is 2. The van der Waals surface area contributed by atoms with Gasteiger partial charge in [0.25, 0.3) is 0 Å². The molecule has 3 nitrogen and oxygen atoms in total. The minimum atomic E-state index is -0.602. The fourth-order valence-corrected chi connectivity index (χ4v) is 2.17. The molecule has 2 N–H and O–H groups in total. The van der Waals surface area contributed by atoms with E-state index in [0.717, 1.165) is 11.1 Å². The van der Waals surface area contributed by atoms with Gasteiger partial charge in [-0.2, -0.15) is 0 Å². The van der Waals surface area contributed by atoms with E-state index in [0.29, 0.717) is 13.0 Å². The number of nitrogens with two attached hydrogens (primary N) is 1. The van der Waals surface area contributed by atoms with E-state index in [2.05, 4.69) is 43.3 Å². The van der Waals surface area contributed by atoms with E-state index in [1.807, 2.05) is 12.1 Å². The number of carbonyl (C=O) groups is 1. The zero-order chi connectivity index (χ0) is 15.2. The van der Waals surface area contributed by atoms with Crippen LogP contribution in [-0.2, 0) is 16.0 Å². The first-order valence-electron chi connectivity index (χ1n) is 7.18. The lowest BCUT2D eigenvalue weighted by Crippen LogP contribution is -2.34. The van der Waals surface area contributed by atoms with Crippen molar-refractivity contribution in [3.63, 3.8) is 0 Å². The summed E-state index contributed by atoms with van der Waals surface area (Å²) in [5, 5.41) is 0. The van der Waals surface area contributed by atoms with E-state index in [9.17, 15) is 4.79 Å². The molecule has 0 aliphatic rings. The molecule has 0 spiro atoms. The van der Waals surface area contributed by atoms with Gasteiger partial charge in [-0.15, -0.1) is 12.4 Å². The van der Waals surface area contributed by atoms with Crippen LogP contribution in [0.25, 0.3) is 11.1 Å². The highest BCUT2D eigenvalue weighted by molar-refractivity contribution is 5.85. The maximum Gasteiger partial charge on any atom is 0.323 e. The fourth-order valence-electron chi connectivity index (χ4n) is 2.17. The first-order chi connectivity index (χ1) is 10.1. The Morgan fingerprint density at radius 2 is 1.55 bits per heavy atom. The lowest BCUT2D eigenvalue weighted by Gasteiger charge is -2.11. The number of hydrogen-bond donors (Lipinski definition) is 1. The van der Waals surface area contributed by atoms with E-state index >= 15 is 0 Å². The second-order valence-corrected chi connectivity index (χ2v) is 5.13. The zero-order valence-electron chi connectivity index (χ0n) is 12.9. The van der Waals surface area contributed by atoms with Gasteiger partial charge in [-0.25, -0.2) is 0 Å². The Hall–Kier alpha value is -1.84. The molecule has 22 heavy (non-hydrogen) atoms. The van der Waals surface area contributed by atoms with Crippen LogP contribution in [-0.4, -0.2) is 18.6 Å². The summed E-state index contributed by atoms with van der Waals surface area (Å²) in [5.74, 6) is -0.347. The highest BCUT2D eigenvalue weighted by atomic mass is 35.5. The molecule has 0 saturated carbocycles. The van der Waals surface area contributed by atoms with Gasteiger partial charge in [0, 0.05) is 0 Å². The number of carbonyl (C=O) groups excluding carboxylic acids is 1. The van der Waals surface area contributed by atoms with Gasteiger partial charge in [0.2, 0.25) is 0 Å². The summed E-state index contributed by atoms with van der Waals surface area (Å²) in [5.41, 5.74) is 10.4. The summed E-state index contributed by atoms with van der Waals surface area (Å²) >= 11 is 0. The molecular formula is C18H22ClNO2. The Kier molecular flexibility index (Phi) is 7.09. The summed E-state index contributed by atoms with van der Waals surface area (Å²) in [6, 6.07) is 15.9. The molecule has 0 aromatic heterocycles. The van der Waals surface area contributed by atoms with Crippen molar-refractivity contribution in [1.29, 1.82) is 0 Å². The van der Waals surface area contributed by atoms with Gasteiger partial charge in [0.15, 0.2) is 0 Å². The topological polar surface area (TPSA) is 52.3 Å². The van der Waals surface area contributed by atoms with Crippen LogP contribution >= 0.6 is 12.4 Å². The van der Waals surface area contributed by atoms with Gasteiger partial charge < -0.3 is 10.5 Å². The first-order valence-corrected chi connectivity index (χ1v) is 7.18. The molecule has 4 heteroatoms. The molecule has 0 aliphatic carbocycles. The number of hydrogen-bond acceptors (Lipinski definition) is 3. The van der Waals surface area contributed by atoms with Gasteiger partial charge >= 0.3 is 5.97 Å². The lowest BCUT2D eigenvalue weighted by atomic mass is 10.0. The predicted molar refractivity (Wildman–Crippen MR) is 92.2 cm³/mol. The normalized spacial score (nSPS) is 11.4. The van der Waals surface area contributed by atoms with Gasteiger partial charge in [-0.1, -0.05) is 54.1 Å². The van der Waals surface area contributed by atoms with Gasteiger partial charge in [-0.05, 0) is 37.0 Å². The van der Waals surface area contributed by atoms with Crippen molar-refractivity contribution >= 4 is 18.4 Å². The van der Waals surface area contributed by atoms with Crippen molar-refractivity contribution < 1.29 is 9.53 Å². The van der Waals surface area contributed by atoms with Crippen LogP contribution < -0.4 is 5.73 Å². The highest BCUT2D eigenvalue weighted by Gasteiger charge is 2.14. The Labute approximate surface area is 137 Å². The fraction of sp³-hybridized carbons (Fsp3) is 0.278. The van der Waals surface area contributed by atoms with Crippen molar-refractivity contribution in [1.82, 2.24) is 0 Å². The highest BCUT2D eigenvalue weighted by Crippen LogP contribution is 2.20. The summed E-state index contributed by atoms with van der Waals surface area (Å²) in [4.78, 5) is 11.5. The van der Waals surface area contributed by atoms with Crippen molar-refractivity contribution in [3.05, 3.63) is 59.7 Å². The molecule has 0 heterocycles. The summed E-state index contributed by atoms with van der Waals surface area (Å²) in [6.07, 6.45) is 0.493. The third-order valence-electron chi connectivity index (χ3n) is 3.38. The Morgan fingerprint density at radius 3 is 2.05 bits per heavy atom. The quantitative estimate of drug-likeness (QED) is 0.858. The van der Waals surface area contributed by atoms with Crippen molar-refractivity contribution in [2.75, 3.05) is 6.61 Å². The van der Waals surface area contributed by atoms with Gasteiger partial charge in [0.05, 0.1) is 6.61 Å². The maximum absolute atomic E-state index is 11.5. The minimum Gasteiger partial charge on any atom is -0.465 e. The summed E-state index contributed by atoms with van der Waals surface area (Å²) in [6.45, 7) is 4.21. The van der Waals surface area contributed by atoms with E-state index in [4.69, 9.17) is 10.5 Å². The van der Waals surface area contributed by atoms with E-state index < -0.39 is 6.04 Å². The van der Waals surface area contributed by atoms with Crippen LogP contribution in [0.4, 0.5) is 0 Å². The third-order valence-corrected chi connectivity index (χ3v) is 3.38. The largest absolute Gasteiger partial charge is 0.465 e. The summed E-state index contributed by atoms with van der Waals surface area (Å²) < 4.78 is 4.92. The maximum atomic E-state index is 11.5. The van der Waals surface area contributed by atoms with Gasteiger partial charge in [0.1, 0.15) is 6.04 Å². The standard InChI is InChI=1S/C18H21NO2.ClH/c1-3-21-18(20)17(19)12-14-6-10-16(11-7-14)15-8-4-13(2)5-9-15;/h4-11,17H,3,12,19H2,1-2H3;1H/t17-;/m0./s1. The minimum absolute atomic E-state index is 0. The average Bonchev–Trinajstić information content (AvgIpc) is 2.49. The van der Waals surface area contributed by atoms with E-state index in [-0.39, 0.29) is 18.4 Å². The predicted octanol–water partition coefficient (Wildman–Crippen LogP) is 3.52. The average molecular weight is 320 g/mol. The van der Waals surface area contributed by atoms with E-state index in [1.54, 1.807) is 6.92 Å². The SMILES string of the molecule is CCOC(=O)[C@@H](N)Cc1ccc(-c2ccc(C)cc2)cc1.Cl. The van der Waals surface area contributed by atoms with Crippen LogP contribution in [0, 0.1) is 6.92 Å². The molecule has 0 unspecified atom stereocenters. The molecule has 118 valence electrons. The zero-order valence-corrected chi connectivity index (χ0v) is 13.7. The molecule has 2 aromatic rings. The molecule has 0 aliphatic heterocycles. The summed E-state index contributed by atoms with van der Waals surface area (Å²) in [7, 11) is 0. The van der Waals surface area contributed by atoms with Crippen molar-refractivity contribution in [3.8, 4) is 11.1 Å². The lowest BCUT2D eigenvalue weighted by molar-refractivity contribution is -0.144. The van der Waals surface area contributed by atoms with Crippen LogP contribution in [0.2, 0.25) is 0 Å². The second-order valence-electron chi connectivity index (χ2n) is 5.13. The van der Waals surface area contributed by atoms with Crippen molar-refractivity contribution in [2.45, 2.75) is 26.3 Å². The molecule has 2 rings (SSSR count). The van der Waals surface area contributed by atoms with E-state index in [1.165, 1.54) is 11.1 Å². The molecular weight excluding hydrogens is 298 g/mol. The number of halogens is 1. The van der Waals surface area contributed by atoms with Crippen LogP contribution in [0.5, 0.6) is 0 Å². The van der Waals surface area contributed by atoms with Gasteiger partial charge in [-0.3, -0.25) is 4.79 Å². The molecule has 0 fully saturated rings. The Bertz CT molecular complexity index is 593. The second kappa shape index (κ2) is 8.57. The molecule has 0 radical (unpaired) electrons. The van der Waals surface area contributed by atoms with Crippen molar-refractivity contribution in [2.24, 2.45) is 5.73 Å². The number of aryl methyl sites for hydroxylation is 1. The smallest absolute Gasteiger partial charge is 0.323 e. The number of esters is 1. The molecule has 1 atom stereocenters. The monoisotopic (exact) mass is 319 g/mol.